The van der Waals surface area contributed by atoms with E-state index in [1.165, 1.54) is 0 Å². The Kier molecular flexibility index (Phi) is 6.05. The van der Waals surface area contributed by atoms with Crippen LogP contribution in [0.2, 0.25) is 0 Å². The van der Waals surface area contributed by atoms with Gasteiger partial charge in [-0.2, -0.15) is 0 Å². The van der Waals surface area contributed by atoms with Crippen LogP contribution in [0.3, 0.4) is 0 Å². The van der Waals surface area contributed by atoms with E-state index in [0.29, 0.717) is 11.3 Å². The minimum absolute atomic E-state index is 0.113. The molecule has 0 saturated heterocycles. The molecule has 142 valence electrons. The van der Waals surface area contributed by atoms with Crippen molar-refractivity contribution in [1.82, 2.24) is 5.32 Å². The zero-order valence-corrected chi connectivity index (χ0v) is 16.1. The van der Waals surface area contributed by atoms with Crippen molar-refractivity contribution in [2.45, 2.75) is 59.1 Å². The van der Waals surface area contributed by atoms with Gasteiger partial charge in [-0.3, -0.25) is 9.59 Å². The van der Waals surface area contributed by atoms with E-state index in [-0.39, 0.29) is 23.5 Å². The summed E-state index contributed by atoms with van der Waals surface area (Å²) in [6.45, 7) is 8.99. The second-order valence-electron chi connectivity index (χ2n) is 8.07. The van der Waals surface area contributed by atoms with Crippen LogP contribution in [0.5, 0.6) is 0 Å². The van der Waals surface area contributed by atoms with Gasteiger partial charge in [-0.15, -0.1) is 0 Å². The number of hydrogen-bond donors (Lipinski definition) is 2. The first-order valence-electron chi connectivity index (χ1n) is 9.01. The van der Waals surface area contributed by atoms with Crippen molar-refractivity contribution in [3.05, 3.63) is 29.8 Å². The molecule has 2 amide bonds. The molecule has 1 saturated carbocycles. The molecule has 0 aliphatic heterocycles. The molecule has 1 atom stereocenters. The number of amides is 2. The summed E-state index contributed by atoms with van der Waals surface area (Å²) in [7, 11) is 0. The molecular formula is C20H28N2O4. The van der Waals surface area contributed by atoms with Gasteiger partial charge in [0.25, 0.3) is 0 Å². The van der Waals surface area contributed by atoms with E-state index in [1.54, 1.807) is 45.0 Å². The van der Waals surface area contributed by atoms with E-state index in [0.717, 1.165) is 12.8 Å². The summed E-state index contributed by atoms with van der Waals surface area (Å²) in [5, 5.41) is 5.40. The lowest BCUT2D eigenvalue weighted by molar-refractivity contribution is -0.119. The van der Waals surface area contributed by atoms with Crippen molar-refractivity contribution in [1.29, 1.82) is 0 Å². The number of ketones is 1. The number of Topliss-reactive ketones (excluding diaryl/α,β-unsaturated/α-hetero) is 1. The molecule has 6 nitrogen and oxygen atoms in total. The van der Waals surface area contributed by atoms with Crippen LogP contribution >= 0.6 is 0 Å². The maximum absolute atomic E-state index is 12.5. The molecule has 2 rings (SSSR count). The van der Waals surface area contributed by atoms with E-state index < -0.39 is 17.7 Å². The van der Waals surface area contributed by atoms with Gasteiger partial charge < -0.3 is 15.4 Å². The summed E-state index contributed by atoms with van der Waals surface area (Å²) < 4.78 is 5.22. The Hall–Kier alpha value is -2.37. The molecule has 0 spiro atoms. The second-order valence-corrected chi connectivity index (χ2v) is 8.07. The van der Waals surface area contributed by atoms with Crippen LogP contribution in [-0.2, 0) is 9.53 Å². The number of alkyl carbamates (subject to hydrolysis) is 1. The van der Waals surface area contributed by atoms with Gasteiger partial charge in [-0.25, -0.2) is 4.79 Å². The lowest BCUT2D eigenvalue weighted by Gasteiger charge is -2.25. The number of ether oxygens (including phenoxy) is 1. The fourth-order valence-corrected chi connectivity index (χ4v) is 2.49. The maximum Gasteiger partial charge on any atom is 0.408 e. The van der Waals surface area contributed by atoms with Crippen LogP contribution in [0.4, 0.5) is 10.5 Å². The monoisotopic (exact) mass is 360 g/mol. The SMILES string of the molecule is CC(C)C(NC(=O)OC(C)(C)C)C(=O)Nc1ccc(C(=O)C2CC2)cc1. The maximum atomic E-state index is 12.5. The summed E-state index contributed by atoms with van der Waals surface area (Å²) in [4.78, 5) is 36.5. The number of anilines is 1. The van der Waals surface area contributed by atoms with Gasteiger partial charge in [0, 0.05) is 17.2 Å². The molecule has 0 bridgehead atoms. The molecule has 1 unspecified atom stereocenters. The highest BCUT2D eigenvalue weighted by atomic mass is 16.6. The van der Waals surface area contributed by atoms with E-state index in [1.807, 2.05) is 13.8 Å². The second kappa shape index (κ2) is 7.89. The van der Waals surface area contributed by atoms with E-state index in [9.17, 15) is 14.4 Å². The summed E-state index contributed by atoms with van der Waals surface area (Å²) in [6.07, 6.45) is 1.30. The van der Waals surface area contributed by atoms with E-state index >= 15 is 0 Å². The molecule has 0 radical (unpaired) electrons. The van der Waals surface area contributed by atoms with Gasteiger partial charge in [-0.1, -0.05) is 13.8 Å². The average Bonchev–Trinajstić information content (AvgIpc) is 3.35. The van der Waals surface area contributed by atoms with Crippen molar-refractivity contribution in [3.8, 4) is 0 Å². The van der Waals surface area contributed by atoms with Gasteiger partial charge in [0.05, 0.1) is 0 Å². The molecule has 1 fully saturated rings. The summed E-state index contributed by atoms with van der Waals surface area (Å²) in [5.41, 5.74) is 0.614. The lowest BCUT2D eigenvalue weighted by Crippen LogP contribution is -2.48. The third-order valence-corrected chi connectivity index (χ3v) is 4.01. The number of carbonyl (C=O) groups is 3. The minimum atomic E-state index is -0.724. The first kappa shape index (κ1) is 19.9. The standard InChI is InChI=1S/C20H28N2O4/c1-12(2)16(22-19(25)26-20(3,4)5)18(24)21-15-10-8-14(9-11-15)17(23)13-6-7-13/h8-13,16H,6-7H2,1-5H3,(H,21,24)(H,22,25). The van der Waals surface area contributed by atoms with Crippen molar-refractivity contribution >= 4 is 23.5 Å². The first-order chi connectivity index (χ1) is 12.1. The van der Waals surface area contributed by atoms with Gasteiger partial charge >= 0.3 is 6.09 Å². The highest BCUT2D eigenvalue weighted by Crippen LogP contribution is 2.32. The van der Waals surface area contributed by atoms with Gasteiger partial charge in [-0.05, 0) is 63.8 Å². The molecule has 2 N–H and O–H groups in total. The Morgan fingerprint density at radius 2 is 1.65 bits per heavy atom. The van der Waals surface area contributed by atoms with Crippen LogP contribution < -0.4 is 10.6 Å². The third-order valence-electron chi connectivity index (χ3n) is 4.01. The molecule has 1 aromatic carbocycles. The Morgan fingerprint density at radius 1 is 1.08 bits per heavy atom. The molecule has 6 heteroatoms. The number of nitrogens with one attached hydrogen (secondary N) is 2. The molecule has 0 aromatic heterocycles. The Bertz CT molecular complexity index is 670. The predicted octanol–water partition coefficient (Wildman–Crippen LogP) is 3.77. The normalized spacial score (nSPS) is 15.3. The number of hydrogen-bond acceptors (Lipinski definition) is 4. The first-order valence-corrected chi connectivity index (χ1v) is 9.01. The molecule has 1 aliphatic rings. The van der Waals surface area contributed by atoms with Crippen LogP contribution in [-0.4, -0.2) is 29.4 Å². The number of benzene rings is 1. The van der Waals surface area contributed by atoms with Crippen molar-refractivity contribution in [3.63, 3.8) is 0 Å². The summed E-state index contributed by atoms with van der Waals surface area (Å²) >= 11 is 0. The Balaban J connectivity index is 1.98. The van der Waals surface area contributed by atoms with E-state index in [4.69, 9.17) is 4.74 Å². The van der Waals surface area contributed by atoms with Crippen molar-refractivity contribution < 1.29 is 19.1 Å². The summed E-state index contributed by atoms with van der Waals surface area (Å²) in [5.74, 6) is -0.112. The summed E-state index contributed by atoms with van der Waals surface area (Å²) in [6, 6.07) is 6.14. The molecule has 26 heavy (non-hydrogen) atoms. The van der Waals surface area contributed by atoms with Crippen LogP contribution in [0.15, 0.2) is 24.3 Å². The minimum Gasteiger partial charge on any atom is -0.444 e. The zero-order valence-electron chi connectivity index (χ0n) is 16.1. The Morgan fingerprint density at radius 3 is 2.12 bits per heavy atom. The molecule has 1 aromatic rings. The fourth-order valence-electron chi connectivity index (χ4n) is 2.49. The zero-order chi connectivity index (χ0) is 19.5. The molecule has 0 heterocycles. The van der Waals surface area contributed by atoms with Gasteiger partial charge in [0.15, 0.2) is 5.78 Å². The third kappa shape index (κ3) is 5.86. The smallest absolute Gasteiger partial charge is 0.408 e. The van der Waals surface area contributed by atoms with Crippen molar-refractivity contribution in [2.75, 3.05) is 5.32 Å². The van der Waals surface area contributed by atoms with E-state index in [2.05, 4.69) is 10.6 Å². The molecule has 1 aliphatic carbocycles. The van der Waals surface area contributed by atoms with Gasteiger partial charge in [0.1, 0.15) is 11.6 Å². The van der Waals surface area contributed by atoms with Crippen LogP contribution in [0, 0.1) is 11.8 Å². The average molecular weight is 360 g/mol. The predicted molar refractivity (Wildman–Crippen MR) is 100 cm³/mol. The van der Waals surface area contributed by atoms with Crippen LogP contribution in [0.25, 0.3) is 0 Å². The number of carbonyl (C=O) groups excluding carboxylic acids is 3. The van der Waals surface area contributed by atoms with Crippen LogP contribution in [0.1, 0.15) is 57.8 Å². The highest BCUT2D eigenvalue weighted by Gasteiger charge is 2.30. The van der Waals surface area contributed by atoms with Crippen molar-refractivity contribution in [2.24, 2.45) is 11.8 Å². The molecular weight excluding hydrogens is 332 g/mol. The topological polar surface area (TPSA) is 84.5 Å². The highest BCUT2D eigenvalue weighted by molar-refractivity contribution is 6.00. The number of rotatable bonds is 6. The lowest BCUT2D eigenvalue weighted by atomic mass is 10.0. The Labute approximate surface area is 154 Å². The fraction of sp³-hybridized carbons (Fsp3) is 0.550. The van der Waals surface area contributed by atoms with Gasteiger partial charge in [0.2, 0.25) is 5.91 Å². The quantitative estimate of drug-likeness (QED) is 0.756. The largest absolute Gasteiger partial charge is 0.444 e.